The number of aromatic nitrogens is 2. The van der Waals surface area contributed by atoms with Gasteiger partial charge in [0.25, 0.3) is 0 Å². The van der Waals surface area contributed by atoms with Crippen LogP contribution in [-0.2, 0) is 6.54 Å². The largest absolute Gasteiger partial charge is 0.332 e. The van der Waals surface area contributed by atoms with Crippen LogP contribution in [0.25, 0.3) is 0 Å². The number of likely N-dealkylation sites (tertiary alicyclic amines) is 1. The van der Waals surface area contributed by atoms with Crippen molar-refractivity contribution >= 4 is 0 Å². The highest BCUT2D eigenvalue weighted by Gasteiger charge is 2.23. The fourth-order valence-corrected chi connectivity index (χ4v) is 2.51. The predicted molar refractivity (Wildman–Crippen MR) is 69.6 cm³/mol. The van der Waals surface area contributed by atoms with Crippen LogP contribution in [0.15, 0.2) is 12.4 Å². The average molecular weight is 236 g/mol. The molecule has 0 amide bonds. The van der Waals surface area contributed by atoms with Gasteiger partial charge < -0.3 is 15.2 Å². The molecule has 1 aromatic heterocycles. The van der Waals surface area contributed by atoms with Crippen molar-refractivity contribution in [2.24, 2.45) is 11.7 Å². The Morgan fingerprint density at radius 3 is 2.88 bits per heavy atom. The van der Waals surface area contributed by atoms with E-state index in [1.54, 1.807) is 0 Å². The lowest BCUT2D eigenvalue weighted by Crippen LogP contribution is -2.31. The number of rotatable bonds is 4. The fourth-order valence-electron chi connectivity index (χ4n) is 2.51. The Morgan fingerprint density at radius 2 is 2.29 bits per heavy atom. The van der Waals surface area contributed by atoms with Crippen LogP contribution in [0.3, 0.4) is 0 Å². The minimum Gasteiger partial charge on any atom is -0.332 e. The van der Waals surface area contributed by atoms with Crippen LogP contribution >= 0.6 is 0 Å². The van der Waals surface area contributed by atoms with E-state index >= 15 is 0 Å². The SMILES string of the molecule is CC(C)C(N)c1nccn1C[C@@H]1CCCN1C. The Kier molecular flexibility index (Phi) is 3.84. The Balaban J connectivity index is 2.08. The summed E-state index contributed by atoms with van der Waals surface area (Å²) >= 11 is 0. The molecule has 0 saturated carbocycles. The summed E-state index contributed by atoms with van der Waals surface area (Å²) in [5, 5.41) is 0. The highest BCUT2D eigenvalue weighted by Crippen LogP contribution is 2.21. The molecule has 1 aliphatic rings. The molecule has 0 bridgehead atoms. The van der Waals surface area contributed by atoms with Crippen LogP contribution in [0.4, 0.5) is 0 Å². The van der Waals surface area contributed by atoms with Crippen LogP contribution in [0.5, 0.6) is 0 Å². The van der Waals surface area contributed by atoms with Crippen molar-refractivity contribution in [3.05, 3.63) is 18.2 Å². The lowest BCUT2D eigenvalue weighted by atomic mass is 10.0. The molecule has 0 spiro atoms. The maximum atomic E-state index is 6.20. The summed E-state index contributed by atoms with van der Waals surface area (Å²) < 4.78 is 2.23. The van der Waals surface area contributed by atoms with E-state index in [1.165, 1.54) is 19.4 Å². The molecule has 2 atom stereocenters. The average Bonchev–Trinajstić information content (AvgIpc) is 2.88. The summed E-state index contributed by atoms with van der Waals surface area (Å²) in [5.74, 6) is 1.46. The van der Waals surface area contributed by atoms with Gasteiger partial charge in [-0.25, -0.2) is 4.98 Å². The van der Waals surface area contributed by atoms with Crippen LogP contribution in [0, 0.1) is 5.92 Å². The third-order valence-electron chi connectivity index (χ3n) is 3.84. The smallest absolute Gasteiger partial charge is 0.125 e. The van der Waals surface area contributed by atoms with Gasteiger partial charge in [-0.1, -0.05) is 13.8 Å². The fraction of sp³-hybridized carbons (Fsp3) is 0.769. The molecule has 2 N–H and O–H groups in total. The molecule has 17 heavy (non-hydrogen) atoms. The van der Waals surface area contributed by atoms with Gasteiger partial charge in [0, 0.05) is 25.0 Å². The molecule has 4 heteroatoms. The van der Waals surface area contributed by atoms with Gasteiger partial charge in [0.05, 0.1) is 6.04 Å². The highest BCUT2D eigenvalue weighted by molar-refractivity contribution is 5.00. The van der Waals surface area contributed by atoms with E-state index in [9.17, 15) is 0 Å². The minimum absolute atomic E-state index is 0.0386. The van der Waals surface area contributed by atoms with Crippen LogP contribution in [0.1, 0.15) is 38.6 Å². The van der Waals surface area contributed by atoms with Crippen molar-refractivity contribution < 1.29 is 0 Å². The molecule has 1 fully saturated rings. The molecule has 1 saturated heterocycles. The second-order valence-corrected chi connectivity index (χ2v) is 5.48. The molecule has 1 aliphatic heterocycles. The van der Waals surface area contributed by atoms with Crippen molar-refractivity contribution in [3.8, 4) is 0 Å². The molecular formula is C13H24N4. The highest BCUT2D eigenvalue weighted by atomic mass is 15.2. The summed E-state index contributed by atoms with van der Waals surface area (Å²) in [7, 11) is 2.21. The quantitative estimate of drug-likeness (QED) is 0.864. The number of nitrogens with zero attached hydrogens (tertiary/aromatic N) is 3. The Hall–Kier alpha value is -0.870. The van der Waals surface area contributed by atoms with Gasteiger partial charge in [-0.05, 0) is 32.4 Å². The summed E-state index contributed by atoms with van der Waals surface area (Å²) in [6.45, 7) is 6.52. The van der Waals surface area contributed by atoms with Crippen LogP contribution in [0.2, 0.25) is 0 Å². The Labute approximate surface area is 104 Å². The topological polar surface area (TPSA) is 47.1 Å². The van der Waals surface area contributed by atoms with Gasteiger partial charge in [-0.2, -0.15) is 0 Å². The first-order chi connectivity index (χ1) is 8.09. The molecule has 2 rings (SSSR count). The van der Waals surface area contributed by atoms with Crippen molar-refractivity contribution in [3.63, 3.8) is 0 Å². The third kappa shape index (κ3) is 2.69. The molecular weight excluding hydrogens is 212 g/mol. The lowest BCUT2D eigenvalue weighted by Gasteiger charge is -2.23. The zero-order chi connectivity index (χ0) is 12.4. The summed E-state index contributed by atoms with van der Waals surface area (Å²) in [6.07, 6.45) is 6.52. The van der Waals surface area contributed by atoms with Gasteiger partial charge in [0.1, 0.15) is 5.82 Å². The van der Waals surface area contributed by atoms with E-state index < -0.39 is 0 Å². The molecule has 0 aliphatic carbocycles. The summed E-state index contributed by atoms with van der Waals surface area (Å²) in [5.41, 5.74) is 6.20. The van der Waals surface area contributed by atoms with E-state index in [0.29, 0.717) is 12.0 Å². The first-order valence-corrected chi connectivity index (χ1v) is 6.56. The van der Waals surface area contributed by atoms with Gasteiger partial charge in [0.2, 0.25) is 0 Å². The maximum absolute atomic E-state index is 6.20. The van der Waals surface area contributed by atoms with Crippen LogP contribution < -0.4 is 5.73 Å². The van der Waals surface area contributed by atoms with Crippen molar-refractivity contribution in [2.75, 3.05) is 13.6 Å². The molecule has 4 nitrogen and oxygen atoms in total. The summed E-state index contributed by atoms with van der Waals surface area (Å²) in [6, 6.07) is 0.680. The molecule has 0 radical (unpaired) electrons. The molecule has 96 valence electrons. The first-order valence-electron chi connectivity index (χ1n) is 6.56. The second kappa shape index (κ2) is 5.19. The van der Waals surface area contributed by atoms with Gasteiger partial charge in [0.15, 0.2) is 0 Å². The number of hydrogen-bond acceptors (Lipinski definition) is 3. The second-order valence-electron chi connectivity index (χ2n) is 5.48. The molecule has 0 aromatic carbocycles. The third-order valence-corrected chi connectivity index (χ3v) is 3.84. The minimum atomic E-state index is 0.0386. The maximum Gasteiger partial charge on any atom is 0.125 e. The number of imidazole rings is 1. The lowest BCUT2D eigenvalue weighted by molar-refractivity contribution is 0.277. The zero-order valence-corrected chi connectivity index (χ0v) is 11.1. The van der Waals surface area contributed by atoms with E-state index in [1.807, 2.05) is 6.20 Å². The number of nitrogens with two attached hydrogens (primary N) is 1. The van der Waals surface area contributed by atoms with Gasteiger partial charge >= 0.3 is 0 Å². The monoisotopic (exact) mass is 236 g/mol. The molecule has 1 aromatic rings. The molecule has 2 heterocycles. The van der Waals surface area contributed by atoms with Gasteiger partial charge in [-0.15, -0.1) is 0 Å². The predicted octanol–water partition coefficient (Wildman–Crippen LogP) is 1.63. The first kappa shape index (κ1) is 12.6. The van der Waals surface area contributed by atoms with Crippen molar-refractivity contribution in [2.45, 2.75) is 45.3 Å². The van der Waals surface area contributed by atoms with E-state index in [0.717, 1.165) is 12.4 Å². The van der Waals surface area contributed by atoms with Crippen molar-refractivity contribution in [1.29, 1.82) is 0 Å². The Morgan fingerprint density at radius 1 is 1.53 bits per heavy atom. The summed E-state index contributed by atoms with van der Waals surface area (Å²) in [4.78, 5) is 6.86. The van der Waals surface area contributed by atoms with Crippen LogP contribution in [-0.4, -0.2) is 34.1 Å². The van der Waals surface area contributed by atoms with Gasteiger partial charge in [-0.3, -0.25) is 0 Å². The van der Waals surface area contributed by atoms with E-state index in [2.05, 4.69) is 41.5 Å². The standard InChI is InChI=1S/C13H24N4/c1-10(2)12(14)13-15-6-8-17(13)9-11-5-4-7-16(11)3/h6,8,10-12H,4-5,7,9,14H2,1-3H3/t11-,12?/m0/s1. The van der Waals surface area contributed by atoms with E-state index in [4.69, 9.17) is 5.73 Å². The normalized spacial score (nSPS) is 23.5. The number of likely N-dealkylation sites (N-methyl/N-ethyl adjacent to an activating group) is 1. The molecule has 1 unspecified atom stereocenters. The zero-order valence-electron chi connectivity index (χ0n) is 11.1. The van der Waals surface area contributed by atoms with E-state index in [-0.39, 0.29) is 6.04 Å². The van der Waals surface area contributed by atoms with Crippen molar-refractivity contribution in [1.82, 2.24) is 14.5 Å². The Bertz CT molecular complexity index is 358. The number of hydrogen-bond donors (Lipinski definition) is 1.